The van der Waals surface area contributed by atoms with E-state index in [0.29, 0.717) is 11.1 Å². The maximum atomic E-state index is 13.2. The fourth-order valence-corrected chi connectivity index (χ4v) is 2.30. The smallest absolute Gasteiger partial charge is 0.384 e. The number of nitrogen functional groups attached to an aromatic ring is 1. The lowest BCUT2D eigenvalue weighted by molar-refractivity contribution is -0.139. The van der Waals surface area contributed by atoms with Crippen LogP contribution in [0.4, 0.5) is 19.0 Å². The summed E-state index contributed by atoms with van der Waals surface area (Å²) >= 11 is 0. The van der Waals surface area contributed by atoms with Gasteiger partial charge in [0.05, 0.1) is 12.2 Å². The molecule has 2 aromatic heterocycles. The largest absolute Gasteiger partial charge is 0.421 e. The Labute approximate surface area is 140 Å². The van der Waals surface area contributed by atoms with Crippen molar-refractivity contribution in [1.82, 2.24) is 14.8 Å². The molecule has 0 radical (unpaired) electrons. The van der Waals surface area contributed by atoms with E-state index in [9.17, 15) is 18.0 Å². The molecule has 0 spiro atoms. The summed E-state index contributed by atoms with van der Waals surface area (Å²) in [6.45, 7) is -0.143. The van der Waals surface area contributed by atoms with Crippen molar-refractivity contribution in [1.29, 1.82) is 0 Å². The standard InChI is InChI=1S/C17H13F3N4O/c18-17(19,20)13-8-14(12-4-2-1-3-5-12)23-24(16(13)25)10-11-6-7-15(21)22-9-11/h1-9H,10H2,(H2,21,22). The van der Waals surface area contributed by atoms with Gasteiger partial charge >= 0.3 is 6.18 Å². The van der Waals surface area contributed by atoms with Crippen LogP contribution in [0.25, 0.3) is 11.3 Å². The molecule has 0 fully saturated rings. The number of anilines is 1. The van der Waals surface area contributed by atoms with E-state index >= 15 is 0 Å². The molecule has 8 heteroatoms. The number of benzene rings is 1. The van der Waals surface area contributed by atoms with Crippen molar-refractivity contribution in [2.45, 2.75) is 12.7 Å². The van der Waals surface area contributed by atoms with Crippen LogP contribution in [0.2, 0.25) is 0 Å². The summed E-state index contributed by atoms with van der Waals surface area (Å²) in [6.07, 6.45) is -3.38. The minimum absolute atomic E-state index is 0.0657. The first-order chi connectivity index (χ1) is 11.8. The van der Waals surface area contributed by atoms with Gasteiger partial charge in [-0.05, 0) is 17.7 Å². The van der Waals surface area contributed by atoms with E-state index in [-0.39, 0.29) is 18.1 Å². The summed E-state index contributed by atoms with van der Waals surface area (Å²) in [5.41, 5.74) is 4.09. The number of alkyl halides is 3. The summed E-state index contributed by atoms with van der Waals surface area (Å²) < 4.78 is 40.5. The Morgan fingerprint density at radius 3 is 2.40 bits per heavy atom. The van der Waals surface area contributed by atoms with E-state index in [1.165, 1.54) is 12.3 Å². The fourth-order valence-electron chi connectivity index (χ4n) is 2.30. The van der Waals surface area contributed by atoms with Crippen LogP contribution in [0.3, 0.4) is 0 Å². The van der Waals surface area contributed by atoms with Gasteiger partial charge in [-0.1, -0.05) is 36.4 Å². The highest BCUT2D eigenvalue weighted by molar-refractivity contribution is 5.59. The predicted molar refractivity (Wildman–Crippen MR) is 86.7 cm³/mol. The Hall–Kier alpha value is -3.16. The summed E-state index contributed by atoms with van der Waals surface area (Å²) in [6, 6.07) is 12.2. The second-order valence-corrected chi connectivity index (χ2v) is 5.36. The Kier molecular flexibility index (Phi) is 4.26. The van der Waals surface area contributed by atoms with Crippen molar-refractivity contribution in [2.24, 2.45) is 0 Å². The van der Waals surface area contributed by atoms with Crippen molar-refractivity contribution in [3.05, 3.63) is 76.2 Å². The first kappa shape index (κ1) is 16.7. The highest BCUT2D eigenvalue weighted by Gasteiger charge is 2.35. The molecular formula is C17H13F3N4O. The number of hydrogen-bond donors (Lipinski definition) is 1. The Morgan fingerprint density at radius 2 is 1.80 bits per heavy atom. The Bertz CT molecular complexity index is 935. The van der Waals surface area contributed by atoms with Crippen LogP contribution in [0.5, 0.6) is 0 Å². The number of hydrogen-bond acceptors (Lipinski definition) is 4. The normalized spacial score (nSPS) is 11.5. The van der Waals surface area contributed by atoms with Crippen LogP contribution in [-0.2, 0) is 12.7 Å². The van der Waals surface area contributed by atoms with Crippen LogP contribution in [-0.4, -0.2) is 14.8 Å². The maximum absolute atomic E-state index is 13.2. The van der Waals surface area contributed by atoms with Crippen LogP contribution >= 0.6 is 0 Å². The molecule has 0 aliphatic rings. The van der Waals surface area contributed by atoms with Gasteiger partial charge in [0, 0.05) is 11.8 Å². The molecule has 5 nitrogen and oxygen atoms in total. The third-order valence-corrected chi connectivity index (χ3v) is 3.53. The van der Waals surface area contributed by atoms with Gasteiger partial charge in [-0.3, -0.25) is 4.79 Å². The van der Waals surface area contributed by atoms with Crippen molar-refractivity contribution in [3.63, 3.8) is 0 Å². The number of aromatic nitrogens is 3. The number of pyridine rings is 1. The molecule has 1 aromatic carbocycles. The predicted octanol–water partition coefficient (Wildman–Crippen LogP) is 2.95. The number of nitrogens with zero attached hydrogens (tertiary/aromatic N) is 3. The average Bonchev–Trinajstić information content (AvgIpc) is 2.58. The number of halogens is 3. The molecule has 0 aliphatic heterocycles. The highest BCUT2D eigenvalue weighted by atomic mass is 19.4. The Morgan fingerprint density at radius 1 is 1.08 bits per heavy atom. The topological polar surface area (TPSA) is 73.8 Å². The monoisotopic (exact) mass is 346 g/mol. The summed E-state index contributed by atoms with van der Waals surface area (Å²) in [4.78, 5) is 16.1. The lowest BCUT2D eigenvalue weighted by Crippen LogP contribution is -2.31. The summed E-state index contributed by atoms with van der Waals surface area (Å²) in [5.74, 6) is 0.276. The molecule has 2 heterocycles. The molecule has 0 amide bonds. The van der Waals surface area contributed by atoms with Gasteiger partial charge in [-0.15, -0.1) is 0 Å². The van der Waals surface area contributed by atoms with Crippen LogP contribution in [0.15, 0.2) is 59.5 Å². The van der Waals surface area contributed by atoms with E-state index in [4.69, 9.17) is 5.73 Å². The van der Waals surface area contributed by atoms with Crippen LogP contribution in [0.1, 0.15) is 11.1 Å². The van der Waals surface area contributed by atoms with Gasteiger partial charge < -0.3 is 5.73 Å². The molecule has 3 rings (SSSR count). The molecule has 3 aromatic rings. The molecule has 0 saturated carbocycles. The van der Waals surface area contributed by atoms with Crippen molar-refractivity contribution >= 4 is 5.82 Å². The van der Waals surface area contributed by atoms with Crippen molar-refractivity contribution in [3.8, 4) is 11.3 Å². The van der Waals surface area contributed by atoms with E-state index in [2.05, 4.69) is 10.1 Å². The molecule has 0 aliphatic carbocycles. The van der Waals surface area contributed by atoms with Crippen molar-refractivity contribution < 1.29 is 13.2 Å². The minimum atomic E-state index is -4.77. The SMILES string of the molecule is Nc1ccc(Cn2nc(-c3ccccc3)cc(C(F)(F)F)c2=O)cn1. The van der Waals surface area contributed by atoms with E-state index < -0.39 is 17.3 Å². The van der Waals surface area contributed by atoms with E-state index in [1.807, 2.05) is 0 Å². The highest BCUT2D eigenvalue weighted by Crippen LogP contribution is 2.28. The van der Waals surface area contributed by atoms with Crippen molar-refractivity contribution in [2.75, 3.05) is 5.73 Å². The molecule has 25 heavy (non-hydrogen) atoms. The van der Waals surface area contributed by atoms with Crippen LogP contribution in [0, 0.1) is 0 Å². The third kappa shape index (κ3) is 3.68. The zero-order valence-corrected chi connectivity index (χ0v) is 12.9. The van der Waals surface area contributed by atoms with Gasteiger partial charge in [0.1, 0.15) is 11.4 Å². The molecule has 0 atom stereocenters. The molecule has 0 bridgehead atoms. The van der Waals surface area contributed by atoms with Gasteiger partial charge in [0.15, 0.2) is 0 Å². The molecule has 128 valence electrons. The van der Waals surface area contributed by atoms with Gasteiger partial charge in [-0.25, -0.2) is 9.67 Å². The van der Waals surface area contributed by atoms with Crippen LogP contribution < -0.4 is 11.3 Å². The number of nitrogens with two attached hydrogens (primary N) is 1. The first-order valence-electron chi connectivity index (χ1n) is 7.30. The second-order valence-electron chi connectivity index (χ2n) is 5.36. The molecule has 2 N–H and O–H groups in total. The fraction of sp³-hybridized carbons (Fsp3) is 0.118. The van der Waals surface area contributed by atoms with Gasteiger partial charge in [-0.2, -0.15) is 18.3 Å². The van der Waals surface area contributed by atoms with Gasteiger partial charge in [0.2, 0.25) is 0 Å². The zero-order valence-electron chi connectivity index (χ0n) is 12.9. The minimum Gasteiger partial charge on any atom is -0.384 e. The first-order valence-corrected chi connectivity index (χ1v) is 7.30. The molecule has 0 saturated heterocycles. The third-order valence-electron chi connectivity index (χ3n) is 3.53. The lowest BCUT2D eigenvalue weighted by atomic mass is 10.1. The zero-order chi connectivity index (χ0) is 18.0. The lowest BCUT2D eigenvalue weighted by Gasteiger charge is -2.12. The molecular weight excluding hydrogens is 333 g/mol. The second kappa shape index (κ2) is 6.39. The maximum Gasteiger partial charge on any atom is 0.421 e. The van der Waals surface area contributed by atoms with E-state index in [0.717, 1.165) is 10.7 Å². The quantitative estimate of drug-likeness (QED) is 0.791. The number of rotatable bonds is 3. The van der Waals surface area contributed by atoms with E-state index in [1.54, 1.807) is 36.4 Å². The Balaban J connectivity index is 2.13. The summed E-state index contributed by atoms with van der Waals surface area (Å²) in [7, 11) is 0. The average molecular weight is 346 g/mol. The van der Waals surface area contributed by atoms with Gasteiger partial charge in [0.25, 0.3) is 5.56 Å². The summed E-state index contributed by atoms with van der Waals surface area (Å²) in [5, 5.41) is 4.08. The molecule has 0 unspecified atom stereocenters.